The smallest absolute Gasteiger partial charge is 0.233 e. The first-order chi connectivity index (χ1) is 9.45. The van der Waals surface area contributed by atoms with Crippen LogP contribution in [-0.4, -0.2) is 34.7 Å². The van der Waals surface area contributed by atoms with Crippen molar-refractivity contribution >= 4 is 17.7 Å². The Kier molecular flexibility index (Phi) is 7.96. The summed E-state index contributed by atoms with van der Waals surface area (Å²) in [7, 11) is 0. The Balaban J connectivity index is 2.50. The van der Waals surface area contributed by atoms with Crippen molar-refractivity contribution in [3.63, 3.8) is 0 Å². The third-order valence-corrected chi connectivity index (χ3v) is 6.05. The number of aliphatic hydroxyl groups excluding tert-OH is 1. The Morgan fingerprint density at radius 2 is 1.95 bits per heavy atom. The first kappa shape index (κ1) is 17.8. The number of aliphatic hydroxyl groups is 1. The summed E-state index contributed by atoms with van der Waals surface area (Å²) in [5.41, 5.74) is 0. The molecule has 0 bridgehead atoms. The topological polar surface area (TPSA) is 49.3 Å². The highest BCUT2D eigenvalue weighted by Gasteiger charge is 2.28. The first-order valence-electron chi connectivity index (χ1n) is 7.98. The lowest BCUT2D eigenvalue weighted by atomic mass is 9.86. The highest BCUT2D eigenvalue weighted by atomic mass is 32.2. The second-order valence-electron chi connectivity index (χ2n) is 6.66. The van der Waals surface area contributed by atoms with Gasteiger partial charge in [0.15, 0.2) is 0 Å². The van der Waals surface area contributed by atoms with Gasteiger partial charge in [-0.3, -0.25) is 4.79 Å². The molecule has 1 saturated carbocycles. The molecule has 2 N–H and O–H groups in total. The molecule has 0 saturated heterocycles. The molecule has 1 fully saturated rings. The molecule has 118 valence electrons. The van der Waals surface area contributed by atoms with E-state index in [9.17, 15) is 4.79 Å². The minimum Gasteiger partial charge on any atom is -0.396 e. The molecule has 1 aliphatic carbocycles. The zero-order valence-corrected chi connectivity index (χ0v) is 14.2. The highest BCUT2D eigenvalue weighted by molar-refractivity contribution is 8.00. The van der Waals surface area contributed by atoms with Gasteiger partial charge in [-0.25, -0.2) is 0 Å². The minimum atomic E-state index is -0.00173. The molecular weight excluding hydrogens is 270 g/mol. The van der Waals surface area contributed by atoms with E-state index >= 15 is 0 Å². The van der Waals surface area contributed by atoms with Crippen molar-refractivity contribution in [3.8, 4) is 0 Å². The fourth-order valence-corrected chi connectivity index (χ4v) is 3.93. The van der Waals surface area contributed by atoms with E-state index in [1.54, 1.807) is 11.8 Å². The van der Waals surface area contributed by atoms with Crippen molar-refractivity contribution in [1.82, 2.24) is 5.32 Å². The molecule has 20 heavy (non-hydrogen) atoms. The molecule has 0 aromatic heterocycles. The average molecular weight is 301 g/mol. The number of carbonyl (C=O) groups excluding carboxylic acids is 1. The number of amides is 1. The van der Waals surface area contributed by atoms with Gasteiger partial charge in [-0.2, -0.15) is 0 Å². The van der Waals surface area contributed by atoms with Crippen molar-refractivity contribution in [2.75, 3.05) is 12.4 Å². The van der Waals surface area contributed by atoms with Gasteiger partial charge >= 0.3 is 0 Å². The summed E-state index contributed by atoms with van der Waals surface area (Å²) in [6, 6.07) is 0.355. The number of carbonyl (C=O) groups is 1. The zero-order chi connectivity index (χ0) is 15.1. The number of hydrogen-bond donors (Lipinski definition) is 2. The standard InChI is InChI=1S/C16H31NO2S/c1-11(2)15(20-10-12(3)9-18)16(19)17-14-8-6-5-7-13(14)4/h11-15,18H,5-10H2,1-4H3,(H,17,19). The van der Waals surface area contributed by atoms with Gasteiger partial charge < -0.3 is 10.4 Å². The molecule has 3 nitrogen and oxygen atoms in total. The highest BCUT2D eigenvalue weighted by Crippen LogP contribution is 2.26. The van der Waals surface area contributed by atoms with Crippen LogP contribution in [0.4, 0.5) is 0 Å². The van der Waals surface area contributed by atoms with E-state index in [1.807, 2.05) is 6.92 Å². The lowest BCUT2D eigenvalue weighted by Gasteiger charge is -2.31. The van der Waals surface area contributed by atoms with Gasteiger partial charge in [-0.1, -0.05) is 40.5 Å². The molecule has 1 rings (SSSR count). The van der Waals surface area contributed by atoms with Crippen LogP contribution in [0.5, 0.6) is 0 Å². The van der Waals surface area contributed by atoms with Crippen LogP contribution < -0.4 is 5.32 Å². The average Bonchev–Trinajstić information content (AvgIpc) is 2.41. The predicted octanol–water partition coefficient (Wildman–Crippen LogP) is 3.07. The Morgan fingerprint density at radius 3 is 2.50 bits per heavy atom. The van der Waals surface area contributed by atoms with Gasteiger partial charge in [0.2, 0.25) is 5.91 Å². The van der Waals surface area contributed by atoms with Gasteiger partial charge in [0.1, 0.15) is 0 Å². The van der Waals surface area contributed by atoms with E-state index < -0.39 is 0 Å². The zero-order valence-electron chi connectivity index (χ0n) is 13.4. The lowest BCUT2D eigenvalue weighted by Crippen LogP contribution is -2.46. The van der Waals surface area contributed by atoms with Gasteiger partial charge in [0.25, 0.3) is 0 Å². The molecule has 0 aromatic rings. The molecule has 1 amide bonds. The molecule has 0 aromatic carbocycles. The number of thioether (sulfide) groups is 1. The Morgan fingerprint density at radius 1 is 1.30 bits per heavy atom. The SMILES string of the molecule is CC(CO)CSC(C(=O)NC1CCCCC1C)C(C)C. The number of rotatable bonds is 7. The van der Waals surface area contributed by atoms with E-state index in [2.05, 4.69) is 26.1 Å². The second kappa shape index (κ2) is 8.93. The molecule has 4 heteroatoms. The monoisotopic (exact) mass is 301 g/mol. The summed E-state index contributed by atoms with van der Waals surface area (Å²) in [6.45, 7) is 8.66. The maximum absolute atomic E-state index is 12.5. The molecule has 0 radical (unpaired) electrons. The number of nitrogens with one attached hydrogen (secondary N) is 1. The van der Waals surface area contributed by atoms with Crippen molar-refractivity contribution < 1.29 is 9.90 Å². The first-order valence-corrected chi connectivity index (χ1v) is 9.03. The van der Waals surface area contributed by atoms with Crippen LogP contribution >= 0.6 is 11.8 Å². The van der Waals surface area contributed by atoms with Crippen molar-refractivity contribution in [2.24, 2.45) is 17.8 Å². The summed E-state index contributed by atoms with van der Waals surface area (Å²) in [4.78, 5) is 12.5. The Labute approximate surface area is 128 Å². The fraction of sp³-hybridized carbons (Fsp3) is 0.938. The van der Waals surface area contributed by atoms with Crippen molar-refractivity contribution in [1.29, 1.82) is 0 Å². The van der Waals surface area contributed by atoms with E-state index in [-0.39, 0.29) is 23.7 Å². The van der Waals surface area contributed by atoms with Gasteiger partial charge in [0, 0.05) is 12.6 Å². The third kappa shape index (κ3) is 5.65. The fourth-order valence-electron chi connectivity index (χ4n) is 2.69. The molecule has 4 atom stereocenters. The minimum absolute atomic E-state index is 0.00173. The van der Waals surface area contributed by atoms with Crippen LogP contribution in [0, 0.1) is 17.8 Å². The van der Waals surface area contributed by atoms with Gasteiger partial charge in [-0.15, -0.1) is 11.8 Å². The summed E-state index contributed by atoms with van der Waals surface area (Å²) in [5.74, 6) is 2.20. The largest absolute Gasteiger partial charge is 0.396 e. The maximum Gasteiger partial charge on any atom is 0.233 e. The van der Waals surface area contributed by atoms with Crippen LogP contribution in [0.2, 0.25) is 0 Å². The van der Waals surface area contributed by atoms with Gasteiger partial charge in [-0.05, 0) is 36.3 Å². The van der Waals surface area contributed by atoms with Crippen molar-refractivity contribution in [3.05, 3.63) is 0 Å². The summed E-state index contributed by atoms with van der Waals surface area (Å²) < 4.78 is 0. The summed E-state index contributed by atoms with van der Waals surface area (Å²) in [6.07, 6.45) is 4.88. The van der Waals surface area contributed by atoms with Gasteiger partial charge in [0.05, 0.1) is 5.25 Å². The lowest BCUT2D eigenvalue weighted by molar-refractivity contribution is -0.122. The number of hydrogen-bond acceptors (Lipinski definition) is 3. The normalized spacial score (nSPS) is 26.3. The van der Waals surface area contributed by atoms with Crippen LogP contribution in [0.15, 0.2) is 0 Å². The predicted molar refractivity (Wildman–Crippen MR) is 86.9 cm³/mol. The summed E-state index contributed by atoms with van der Waals surface area (Å²) in [5, 5.41) is 12.4. The molecule has 0 aliphatic heterocycles. The molecule has 4 unspecified atom stereocenters. The Bertz CT molecular complexity index is 296. The van der Waals surface area contributed by atoms with Crippen LogP contribution in [-0.2, 0) is 4.79 Å². The molecule has 0 spiro atoms. The van der Waals surface area contributed by atoms with Crippen LogP contribution in [0.1, 0.15) is 53.4 Å². The third-order valence-electron chi connectivity index (χ3n) is 4.18. The molecule has 0 heterocycles. The van der Waals surface area contributed by atoms with E-state index in [0.29, 0.717) is 17.9 Å². The quantitative estimate of drug-likeness (QED) is 0.760. The van der Waals surface area contributed by atoms with Crippen molar-refractivity contribution in [2.45, 2.75) is 64.7 Å². The van der Waals surface area contributed by atoms with E-state index in [4.69, 9.17) is 5.11 Å². The van der Waals surface area contributed by atoms with Crippen LogP contribution in [0.3, 0.4) is 0 Å². The second-order valence-corrected chi connectivity index (χ2v) is 7.84. The molecular formula is C16H31NO2S. The Hall–Kier alpha value is -0.220. The van der Waals surface area contributed by atoms with E-state index in [1.165, 1.54) is 19.3 Å². The van der Waals surface area contributed by atoms with E-state index in [0.717, 1.165) is 12.2 Å². The molecule has 1 aliphatic rings. The summed E-state index contributed by atoms with van der Waals surface area (Å²) >= 11 is 1.69. The van der Waals surface area contributed by atoms with Crippen LogP contribution in [0.25, 0.3) is 0 Å². The maximum atomic E-state index is 12.5.